The van der Waals surface area contributed by atoms with Crippen molar-refractivity contribution >= 4 is 48.9 Å². The number of hydrogen-bond donors (Lipinski definition) is 0. The zero-order chi connectivity index (χ0) is 32.2. The topological polar surface area (TPSA) is 208 Å². The van der Waals surface area contributed by atoms with Gasteiger partial charge in [-0.05, 0) is 0 Å². The maximum absolute atomic E-state index is 9.53. The summed E-state index contributed by atoms with van der Waals surface area (Å²) in [6, 6.07) is 0. The normalized spacial score (nSPS) is 8.10. The first-order valence-corrected chi connectivity index (χ1v) is 12.5. The molecule has 0 rings (SSSR count). The zero-order valence-corrected chi connectivity index (χ0v) is 42.7. The van der Waals surface area contributed by atoms with Gasteiger partial charge in [-0.3, -0.25) is 0 Å². The number of hydrogen-bond acceptors (Lipinski definition) is 9. The summed E-state index contributed by atoms with van der Waals surface area (Å²) >= 11 is 0. The number of halogens is 1. The Hall–Kier alpha value is 3.68. The SMILES string of the molecule is CC(C)[O-].CC(C)[O-].CC(C)[O-].CC(C)[O-].CC(C)[O-].CC(C)[O-].CC(C)[O-].CC(C)[O-].CC(C)[O-].[Ba+2].[Hf+4].[Hf+4].[I-]. The van der Waals surface area contributed by atoms with Crippen molar-refractivity contribution in [1.29, 1.82) is 0 Å². The molecule has 0 aromatic heterocycles. The van der Waals surface area contributed by atoms with Crippen LogP contribution < -0.4 is 69.9 Å². The van der Waals surface area contributed by atoms with Crippen LogP contribution in [0.1, 0.15) is 125 Å². The molecule has 242 valence electrons. The van der Waals surface area contributed by atoms with Gasteiger partial charge >= 0.3 is 101 Å². The summed E-state index contributed by atoms with van der Waals surface area (Å²) in [4.78, 5) is 0. The third kappa shape index (κ3) is 5090. The largest absolute Gasteiger partial charge is 4.00 e. The fourth-order valence-corrected chi connectivity index (χ4v) is 0. The zero-order valence-electron chi connectivity index (χ0n) is 29.0. The van der Waals surface area contributed by atoms with Gasteiger partial charge in [0, 0.05) is 0 Å². The quantitative estimate of drug-likeness (QED) is 0.167. The van der Waals surface area contributed by atoms with E-state index in [1.165, 1.54) is 0 Å². The molecule has 0 heterocycles. The predicted molar refractivity (Wildman–Crippen MR) is 142 cm³/mol. The summed E-state index contributed by atoms with van der Waals surface area (Å²) in [7, 11) is 0. The van der Waals surface area contributed by atoms with Crippen LogP contribution in [0.4, 0.5) is 0 Å². The van der Waals surface area contributed by atoms with Crippen LogP contribution in [0.5, 0.6) is 0 Å². The Morgan fingerprint density at radius 3 is 0.225 bits per heavy atom. The maximum atomic E-state index is 9.53. The van der Waals surface area contributed by atoms with Crippen LogP contribution in [0.15, 0.2) is 0 Å². The van der Waals surface area contributed by atoms with Crippen LogP contribution >= 0.6 is 0 Å². The van der Waals surface area contributed by atoms with Crippen LogP contribution in [0.2, 0.25) is 0 Å². The van der Waals surface area contributed by atoms with Crippen molar-refractivity contribution < 1.29 is 122 Å². The summed E-state index contributed by atoms with van der Waals surface area (Å²) in [5.41, 5.74) is 0. The Morgan fingerprint density at radius 1 is 0.225 bits per heavy atom. The van der Waals surface area contributed by atoms with Crippen molar-refractivity contribution in [2.24, 2.45) is 0 Å². The third-order valence-corrected chi connectivity index (χ3v) is 0. The van der Waals surface area contributed by atoms with Gasteiger partial charge < -0.3 is 69.9 Å². The Labute approximate surface area is 345 Å². The molecule has 13 heteroatoms. The first kappa shape index (κ1) is 84.5. The van der Waals surface area contributed by atoms with E-state index in [2.05, 4.69) is 0 Å². The molecule has 0 aromatic rings. The first-order chi connectivity index (χ1) is 15.6. The minimum Gasteiger partial charge on any atom is -1.00 e. The van der Waals surface area contributed by atoms with Gasteiger partial charge in [0.25, 0.3) is 0 Å². The molecule has 0 saturated carbocycles. The summed E-state index contributed by atoms with van der Waals surface area (Å²) in [6.45, 7) is 29.0. The van der Waals surface area contributed by atoms with Crippen LogP contribution in [0.25, 0.3) is 0 Å². The third-order valence-electron chi connectivity index (χ3n) is 0. The molecule has 0 N–H and O–H groups in total. The summed E-state index contributed by atoms with van der Waals surface area (Å²) < 4.78 is 0. The standard InChI is InChI=1S/9C3H7O.Ba.2Hf.HI/c9*1-3(2)4;;;;/h9*3H,1-2H3;;;;1H/q9*-1;+2;2*+4;/p-1. The van der Waals surface area contributed by atoms with E-state index < -0.39 is 54.9 Å². The van der Waals surface area contributed by atoms with Crippen LogP contribution in [0.3, 0.4) is 0 Å². The van der Waals surface area contributed by atoms with E-state index in [9.17, 15) is 46.0 Å². The van der Waals surface area contributed by atoms with E-state index in [0.29, 0.717) is 0 Å². The molecule has 0 bridgehead atoms. The molecule has 0 aliphatic carbocycles. The molecule has 9 nitrogen and oxygen atoms in total. The minimum atomic E-state index is -0.417. The molecule has 0 saturated heterocycles. The number of rotatable bonds is 0. The maximum Gasteiger partial charge on any atom is 4.00 e. The van der Waals surface area contributed by atoms with Gasteiger partial charge in [0.2, 0.25) is 0 Å². The Morgan fingerprint density at radius 2 is 0.225 bits per heavy atom. The van der Waals surface area contributed by atoms with Crippen molar-refractivity contribution in [2.45, 2.75) is 180 Å². The molecule has 0 aromatic carbocycles. The van der Waals surface area contributed by atoms with Gasteiger partial charge in [-0.15, -0.1) is 54.9 Å². The smallest absolute Gasteiger partial charge is 1.00 e. The molecule has 0 fully saturated rings. The van der Waals surface area contributed by atoms with Crippen LogP contribution in [-0.4, -0.2) is 104 Å². The van der Waals surface area contributed by atoms with Crippen LogP contribution in [0, 0.1) is 0 Å². The Bertz CT molecular complexity index is 182. The van der Waals surface area contributed by atoms with Crippen molar-refractivity contribution in [3.63, 3.8) is 0 Å². The van der Waals surface area contributed by atoms with Gasteiger partial charge in [0.15, 0.2) is 0 Å². The first-order valence-electron chi connectivity index (χ1n) is 12.5. The van der Waals surface area contributed by atoms with Gasteiger partial charge in [-0.25, -0.2) is 0 Å². The van der Waals surface area contributed by atoms with E-state index in [1.807, 2.05) is 0 Å². The summed E-state index contributed by atoms with van der Waals surface area (Å²) in [5.74, 6) is 0. The van der Waals surface area contributed by atoms with Crippen LogP contribution in [-0.2, 0) is 51.7 Å². The molecule has 0 amide bonds. The molecule has 0 aliphatic rings. The van der Waals surface area contributed by atoms with E-state index in [4.69, 9.17) is 0 Å². The van der Waals surface area contributed by atoms with Gasteiger partial charge in [-0.2, -0.15) is 0 Å². The fraction of sp³-hybridized carbons (Fsp3) is 1.00. The van der Waals surface area contributed by atoms with E-state index >= 15 is 0 Å². The predicted octanol–water partition coefficient (Wildman–Crippen LogP) is -5.59. The second-order valence-electron chi connectivity index (χ2n) is 9.44. The minimum absolute atomic E-state index is 0. The van der Waals surface area contributed by atoms with Crippen molar-refractivity contribution in [3.05, 3.63) is 0 Å². The molecule has 0 atom stereocenters. The summed E-state index contributed by atoms with van der Waals surface area (Å²) in [6.07, 6.45) is -3.75. The molecule has 0 radical (unpaired) electrons. The fourth-order valence-electron chi connectivity index (χ4n) is 0. The van der Waals surface area contributed by atoms with Gasteiger partial charge in [0.05, 0.1) is 0 Å². The van der Waals surface area contributed by atoms with Gasteiger partial charge in [-0.1, -0.05) is 125 Å². The Balaban J connectivity index is -0.0000000184. The van der Waals surface area contributed by atoms with Gasteiger partial charge in [0.1, 0.15) is 0 Å². The van der Waals surface area contributed by atoms with Crippen molar-refractivity contribution in [2.75, 3.05) is 0 Å². The van der Waals surface area contributed by atoms with Crippen molar-refractivity contribution in [3.8, 4) is 0 Å². The second-order valence-corrected chi connectivity index (χ2v) is 9.44. The molecule has 0 spiro atoms. The molecule has 40 heavy (non-hydrogen) atoms. The second kappa shape index (κ2) is 78.8. The molecular weight excluding hydrogens is 1090 g/mol. The van der Waals surface area contributed by atoms with E-state index in [0.717, 1.165) is 0 Å². The molecule has 0 unspecified atom stereocenters. The average Bonchev–Trinajstić information content (AvgIpc) is 2.39. The molecular formula is C27H63BaHf2IO9. The average molecular weight is 1150 g/mol. The van der Waals surface area contributed by atoms with E-state index in [-0.39, 0.29) is 125 Å². The van der Waals surface area contributed by atoms with E-state index in [1.54, 1.807) is 125 Å². The Kier molecular flexibility index (Phi) is 166. The summed E-state index contributed by atoms with van der Waals surface area (Å²) in [5, 5.41) is 85.8. The monoisotopic (exact) mass is 1160 g/mol. The van der Waals surface area contributed by atoms with Crippen molar-refractivity contribution in [1.82, 2.24) is 0 Å². The molecule has 0 aliphatic heterocycles.